The highest BCUT2D eigenvalue weighted by molar-refractivity contribution is 5.39. The summed E-state index contributed by atoms with van der Waals surface area (Å²) in [5.74, 6) is 0. The fraction of sp³-hybridized carbons (Fsp3) is 0.667. The van der Waals surface area contributed by atoms with Crippen LogP contribution in [0, 0.1) is 20.8 Å². The van der Waals surface area contributed by atoms with Crippen molar-refractivity contribution in [3.8, 4) is 0 Å². The zero-order valence-electron chi connectivity index (χ0n) is 13.9. The summed E-state index contributed by atoms with van der Waals surface area (Å²) in [5.41, 5.74) is 4.74. The number of aliphatic hydroxyl groups is 1. The summed E-state index contributed by atoms with van der Waals surface area (Å²) in [5, 5.41) is 10.7. The molecule has 0 saturated carbocycles. The van der Waals surface area contributed by atoms with Gasteiger partial charge in [-0.25, -0.2) is 0 Å². The number of nitrogens with zero attached hydrogens (tertiary/aromatic N) is 1. The first-order valence-electron chi connectivity index (χ1n) is 8.11. The van der Waals surface area contributed by atoms with E-state index in [4.69, 9.17) is 4.74 Å². The summed E-state index contributed by atoms with van der Waals surface area (Å²) in [6, 6.07) is 4.31. The lowest BCUT2D eigenvalue weighted by atomic mass is 9.95. The Kier molecular flexibility index (Phi) is 5.80. The molecule has 0 aromatic heterocycles. The third kappa shape index (κ3) is 4.29. The lowest BCUT2D eigenvalue weighted by Gasteiger charge is -2.34. The van der Waals surface area contributed by atoms with Crippen LogP contribution >= 0.6 is 0 Å². The first-order chi connectivity index (χ1) is 10.0. The van der Waals surface area contributed by atoms with Crippen LogP contribution in [0.15, 0.2) is 12.1 Å². The predicted molar refractivity (Wildman–Crippen MR) is 86.7 cm³/mol. The minimum atomic E-state index is -0.411. The second-order valence-electron chi connectivity index (χ2n) is 6.31. The molecule has 0 spiro atoms. The van der Waals surface area contributed by atoms with Crippen LogP contribution in [0.2, 0.25) is 0 Å². The molecule has 1 aromatic carbocycles. The highest BCUT2D eigenvalue weighted by Gasteiger charge is 2.23. The van der Waals surface area contributed by atoms with E-state index in [2.05, 4.69) is 37.8 Å². The summed E-state index contributed by atoms with van der Waals surface area (Å²) >= 11 is 0. The van der Waals surface area contributed by atoms with Gasteiger partial charge in [-0.2, -0.15) is 0 Å². The fourth-order valence-corrected chi connectivity index (χ4v) is 3.60. The molecule has 2 unspecified atom stereocenters. The van der Waals surface area contributed by atoms with Crippen LogP contribution in [0.5, 0.6) is 0 Å². The molecule has 0 radical (unpaired) electrons. The van der Waals surface area contributed by atoms with E-state index in [9.17, 15) is 5.11 Å². The van der Waals surface area contributed by atoms with Crippen molar-refractivity contribution in [2.24, 2.45) is 0 Å². The van der Waals surface area contributed by atoms with E-state index in [1.165, 1.54) is 16.7 Å². The highest BCUT2D eigenvalue weighted by Crippen LogP contribution is 2.25. The molecule has 1 heterocycles. The quantitative estimate of drug-likeness (QED) is 0.904. The van der Waals surface area contributed by atoms with Gasteiger partial charge in [-0.15, -0.1) is 0 Å². The number of likely N-dealkylation sites (tertiary alicyclic amines) is 1. The zero-order valence-corrected chi connectivity index (χ0v) is 13.9. The van der Waals surface area contributed by atoms with Gasteiger partial charge in [-0.1, -0.05) is 17.7 Å². The van der Waals surface area contributed by atoms with E-state index in [-0.39, 0.29) is 0 Å². The summed E-state index contributed by atoms with van der Waals surface area (Å²) in [6.07, 6.45) is 2.22. The molecule has 0 bridgehead atoms. The van der Waals surface area contributed by atoms with Crippen molar-refractivity contribution in [2.45, 2.75) is 52.7 Å². The predicted octanol–water partition coefficient (Wildman–Crippen LogP) is 3.15. The first kappa shape index (κ1) is 16.5. The van der Waals surface area contributed by atoms with E-state index in [0.717, 1.165) is 38.1 Å². The second-order valence-corrected chi connectivity index (χ2v) is 6.31. The van der Waals surface area contributed by atoms with Crippen LogP contribution in [0.1, 0.15) is 48.1 Å². The Morgan fingerprint density at radius 3 is 2.57 bits per heavy atom. The Morgan fingerprint density at radius 1 is 1.29 bits per heavy atom. The number of rotatable bonds is 5. The molecule has 0 amide bonds. The third-order valence-corrected chi connectivity index (χ3v) is 4.37. The van der Waals surface area contributed by atoms with Gasteiger partial charge in [0.05, 0.1) is 12.2 Å². The number of ether oxygens (including phenoxy) is 1. The number of hydrogen-bond acceptors (Lipinski definition) is 3. The molecule has 21 heavy (non-hydrogen) atoms. The maximum atomic E-state index is 10.7. The molecular formula is C18H29NO2. The van der Waals surface area contributed by atoms with E-state index < -0.39 is 6.10 Å². The highest BCUT2D eigenvalue weighted by atomic mass is 16.5. The molecule has 3 heteroatoms. The minimum absolute atomic E-state index is 0.330. The van der Waals surface area contributed by atoms with E-state index >= 15 is 0 Å². The number of hydrogen-bond donors (Lipinski definition) is 1. The molecule has 1 N–H and O–H groups in total. The smallest absolute Gasteiger partial charge is 0.0922 e. The maximum Gasteiger partial charge on any atom is 0.0922 e. The topological polar surface area (TPSA) is 32.7 Å². The van der Waals surface area contributed by atoms with Crippen LogP contribution in [0.4, 0.5) is 0 Å². The SMILES string of the molecule is CCOC1CCCN(CC(O)c2c(C)cc(C)cc2C)C1. The van der Waals surface area contributed by atoms with Gasteiger partial charge in [0.25, 0.3) is 0 Å². The minimum Gasteiger partial charge on any atom is -0.387 e. The van der Waals surface area contributed by atoms with Crippen LogP contribution in [0.25, 0.3) is 0 Å². The maximum absolute atomic E-state index is 10.7. The largest absolute Gasteiger partial charge is 0.387 e. The third-order valence-electron chi connectivity index (χ3n) is 4.37. The van der Waals surface area contributed by atoms with E-state index in [0.29, 0.717) is 12.6 Å². The van der Waals surface area contributed by atoms with Gasteiger partial charge in [-0.3, -0.25) is 4.90 Å². The summed E-state index contributed by atoms with van der Waals surface area (Å²) in [6.45, 7) is 11.8. The molecule has 1 aliphatic rings. The molecule has 1 fully saturated rings. The van der Waals surface area contributed by atoms with E-state index in [1.54, 1.807) is 0 Å². The monoisotopic (exact) mass is 291 g/mol. The Labute approximate surface area is 128 Å². The van der Waals surface area contributed by atoms with Gasteiger partial charge >= 0.3 is 0 Å². The Morgan fingerprint density at radius 2 is 1.95 bits per heavy atom. The lowest BCUT2D eigenvalue weighted by Crippen LogP contribution is -2.41. The normalized spacial score (nSPS) is 21.5. The summed E-state index contributed by atoms with van der Waals surface area (Å²) in [4.78, 5) is 2.34. The van der Waals surface area contributed by atoms with Gasteiger partial charge in [0.2, 0.25) is 0 Å². The average molecular weight is 291 g/mol. The second kappa shape index (κ2) is 7.39. The lowest BCUT2D eigenvalue weighted by molar-refractivity contribution is -0.00717. The van der Waals surface area contributed by atoms with Crippen molar-refractivity contribution in [1.82, 2.24) is 4.90 Å². The summed E-state index contributed by atoms with van der Waals surface area (Å²) < 4.78 is 5.74. The molecule has 1 saturated heterocycles. The van der Waals surface area contributed by atoms with E-state index in [1.807, 2.05) is 6.92 Å². The number of piperidine rings is 1. The van der Waals surface area contributed by atoms with Gasteiger partial charge in [-0.05, 0) is 63.8 Å². The molecule has 3 nitrogen and oxygen atoms in total. The number of β-amino-alcohol motifs (C(OH)–C–C–N with tert-alkyl or cyclic N) is 1. The van der Waals surface area contributed by atoms with Gasteiger partial charge in [0.1, 0.15) is 0 Å². The molecule has 0 aliphatic carbocycles. The molecule has 2 atom stereocenters. The van der Waals surface area contributed by atoms with Crippen LogP contribution < -0.4 is 0 Å². The van der Waals surface area contributed by atoms with Crippen LogP contribution in [-0.4, -0.2) is 42.4 Å². The average Bonchev–Trinajstić information content (AvgIpc) is 2.38. The van der Waals surface area contributed by atoms with Crippen molar-refractivity contribution in [3.63, 3.8) is 0 Å². The Hall–Kier alpha value is -0.900. The van der Waals surface area contributed by atoms with Crippen LogP contribution in [0.3, 0.4) is 0 Å². The molecule has 2 rings (SSSR count). The first-order valence-corrected chi connectivity index (χ1v) is 8.11. The van der Waals surface area contributed by atoms with Gasteiger partial charge < -0.3 is 9.84 Å². The van der Waals surface area contributed by atoms with Crippen molar-refractivity contribution in [1.29, 1.82) is 0 Å². The number of aryl methyl sites for hydroxylation is 3. The van der Waals surface area contributed by atoms with Crippen molar-refractivity contribution in [2.75, 3.05) is 26.2 Å². The Bertz CT molecular complexity index is 447. The fourth-order valence-electron chi connectivity index (χ4n) is 3.60. The van der Waals surface area contributed by atoms with Gasteiger partial charge in [0.15, 0.2) is 0 Å². The molecule has 1 aliphatic heterocycles. The van der Waals surface area contributed by atoms with Crippen molar-refractivity contribution in [3.05, 3.63) is 34.4 Å². The number of aliphatic hydroxyl groups excluding tert-OH is 1. The molecule has 118 valence electrons. The number of benzene rings is 1. The molecule has 1 aromatic rings. The van der Waals surface area contributed by atoms with Crippen molar-refractivity contribution < 1.29 is 9.84 Å². The van der Waals surface area contributed by atoms with Crippen molar-refractivity contribution >= 4 is 0 Å². The molecular weight excluding hydrogens is 262 g/mol. The summed E-state index contributed by atoms with van der Waals surface area (Å²) in [7, 11) is 0. The van der Waals surface area contributed by atoms with Gasteiger partial charge in [0, 0.05) is 19.7 Å². The Balaban J connectivity index is 2.02. The standard InChI is InChI=1S/C18H29NO2/c1-5-21-16-7-6-8-19(11-16)12-17(20)18-14(3)9-13(2)10-15(18)4/h9-10,16-17,20H,5-8,11-12H2,1-4H3. The zero-order chi connectivity index (χ0) is 15.4. The van der Waals surface area contributed by atoms with Crippen LogP contribution in [-0.2, 0) is 4.74 Å².